The minimum atomic E-state index is -0.182. The van der Waals surface area contributed by atoms with Crippen LogP contribution >= 0.6 is 0 Å². The van der Waals surface area contributed by atoms with E-state index in [1.54, 1.807) is 0 Å². The van der Waals surface area contributed by atoms with Gasteiger partial charge in [-0.1, -0.05) is 36.4 Å². The average Bonchev–Trinajstić information content (AvgIpc) is 3.41. The van der Waals surface area contributed by atoms with Crippen LogP contribution in [0, 0.1) is 11.7 Å². The highest BCUT2D eigenvalue weighted by atomic mass is 19.1. The van der Waals surface area contributed by atoms with E-state index >= 15 is 0 Å². The van der Waals surface area contributed by atoms with Gasteiger partial charge in [-0.3, -0.25) is 0 Å². The van der Waals surface area contributed by atoms with Crippen molar-refractivity contribution in [3.8, 4) is 11.1 Å². The van der Waals surface area contributed by atoms with Gasteiger partial charge in [0.2, 0.25) is 0 Å². The van der Waals surface area contributed by atoms with Crippen LogP contribution in [0.25, 0.3) is 11.1 Å². The predicted molar refractivity (Wildman–Crippen MR) is 90.9 cm³/mol. The molecule has 2 aliphatic rings. The largest absolute Gasteiger partial charge is 0.373 e. The molecule has 0 bridgehead atoms. The van der Waals surface area contributed by atoms with Crippen molar-refractivity contribution in [3.05, 3.63) is 59.9 Å². The van der Waals surface area contributed by atoms with Crippen molar-refractivity contribution in [2.75, 3.05) is 6.61 Å². The molecule has 4 rings (SSSR count). The number of epoxide rings is 1. The Morgan fingerprint density at radius 2 is 1.39 bits per heavy atom. The van der Waals surface area contributed by atoms with Gasteiger partial charge in [0.15, 0.2) is 0 Å². The van der Waals surface area contributed by atoms with Gasteiger partial charge in [-0.2, -0.15) is 0 Å². The lowest BCUT2D eigenvalue weighted by molar-refractivity contribution is 0.276. The second-order valence-electron chi connectivity index (χ2n) is 7.04. The number of halogens is 1. The van der Waals surface area contributed by atoms with Gasteiger partial charge in [-0.15, -0.1) is 0 Å². The molecule has 2 aromatic carbocycles. The topological polar surface area (TPSA) is 12.5 Å². The number of ether oxygens (including phenoxy) is 1. The Bertz CT molecular complexity index is 635. The maximum Gasteiger partial charge on any atom is 0.123 e. The van der Waals surface area contributed by atoms with E-state index in [1.165, 1.54) is 49.8 Å². The highest BCUT2D eigenvalue weighted by molar-refractivity contribution is 5.63. The van der Waals surface area contributed by atoms with Gasteiger partial charge in [0.25, 0.3) is 0 Å². The molecule has 2 heteroatoms. The van der Waals surface area contributed by atoms with Gasteiger partial charge >= 0.3 is 0 Å². The van der Waals surface area contributed by atoms with Crippen molar-refractivity contribution in [2.45, 2.75) is 44.1 Å². The summed E-state index contributed by atoms with van der Waals surface area (Å²) in [5, 5.41) is 0. The highest BCUT2D eigenvalue weighted by Gasteiger charge is 2.29. The van der Waals surface area contributed by atoms with Crippen molar-refractivity contribution in [2.24, 2.45) is 5.92 Å². The van der Waals surface area contributed by atoms with Crippen LogP contribution in [0.15, 0.2) is 48.5 Å². The second kappa shape index (κ2) is 6.45. The van der Waals surface area contributed by atoms with E-state index in [0.717, 1.165) is 23.7 Å². The number of hydrogen-bond donors (Lipinski definition) is 0. The molecule has 0 N–H and O–H groups in total. The van der Waals surface area contributed by atoms with Gasteiger partial charge < -0.3 is 4.74 Å². The van der Waals surface area contributed by atoms with Crippen molar-refractivity contribution >= 4 is 0 Å². The van der Waals surface area contributed by atoms with Crippen LogP contribution in [0.3, 0.4) is 0 Å². The fourth-order valence-electron chi connectivity index (χ4n) is 3.90. The molecule has 0 spiro atoms. The summed E-state index contributed by atoms with van der Waals surface area (Å²) in [5.41, 5.74) is 3.69. The Labute approximate surface area is 137 Å². The summed E-state index contributed by atoms with van der Waals surface area (Å²) in [6.45, 7) is 0.991. The minimum Gasteiger partial charge on any atom is -0.373 e. The third kappa shape index (κ3) is 3.64. The van der Waals surface area contributed by atoms with Gasteiger partial charge in [-0.25, -0.2) is 4.39 Å². The summed E-state index contributed by atoms with van der Waals surface area (Å²) in [6.07, 6.45) is 7.12. The Morgan fingerprint density at radius 1 is 0.826 bits per heavy atom. The zero-order valence-electron chi connectivity index (χ0n) is 13.4. The van der Waals surface area contributed by atoms with E-state index in [1.807, 2.05) is 12.1 Å². The molecule has 1 aliphatic carbocycles. The standard InChI is InChI=1S/C21H23FO/c22-20-11-9-19(10-12-20)18-7-5-17(6-8-18)16-3-1-15(2-4-16)13-21-14-23-21/h5-12,15-16,21H,1-4,13-14H2. The third-order valence-electron chi connectivity index (χ3n) is 5.40. The molecule has 0 amide bonds. The summed E-state index contributed by atoms with van der Waals surface area (Å²) >= 11 is 0. The Morgan fingerprint density at radius 3 is 1.96 bits per heavy atom. The summed E-state index contributed by atoms with van der Waals surface area (Å²) in [4.78, 5) is 0. The maximum atomic E-state index is 13.0. The highest BCUT2D eigenvalue weighted by Crippen LogP contribution is 2.39. The van der Waals surface area contributed by atoms with Crippen LogP contribution in [0.5, 0.6) is 0 Å². The van der Waals surface area contributed by atoms with Crippen molar-refractivity contribution in [1.29, 1.82) is 0 Å². The van der Waals surface area contributed by atoms with Crippen LogP contribution in [0.4, 0.5) is 4.39 Å². The summed E-state index contributed by atoms with van der Waals surface area (Å²) < 4.78 is 18.4. The average molecular weight is 310 g/mol. The van der Waals surface area contributed by atoms with Crippen LogP contribution in [-0.4, -0.2) is 12.7 Å². The summed E-state index contributed by atoms with van der Waals surface area (Å²) in [6, 6.07) is 15.6. The lowest BCUT2D eigenvalue weighted by Crippen LogP contribution is -2.14. The molecular formula is C21H23FO. The van der Waals surface area contributed by atoms with Crippen LogP contribution in [0.2, 0.25) is 0 Å². The lowest BCUT2D eigenvalue weighted by Gasteiger charge is -2.28. The normalized spacial score (nSPS) is 26.9. The van der Waals surface area contributed by atoms with Crippen molar-refractivity contribution < 1.29 is 9.13 Å². The molecule has 1 atom stereocenters. The Kier molecular flexibility index (Phi) is 4.17. The number of hydrogen-bond acceptors (Lipinski definition) is 1. The Balaban J connectivity index is 1.39. The van der Waals surface area contributed by atoms with Crippen molar-refractivity contribution in [3.63, 3.8) is 0 Å². The molecule has 23 heavy (non-hydrogen) atoms. The number of benzene rings is 2. The van der Waals surface area contributed by atoms with Gasteiger partial charge in [0.1, 0.15) is 5.82 Å². The smallest absolute Gasteiger partial charge is 0.123 e. The van der Waals surface area contributed by atoms with E-state index in [-0.39, 0.29) is 5.82 Å². The molecule has 2 fully saturated rings. The van der Waals surface area contributed by atoms with E-state index in [0.29, 0.717) is 12.0 Å². The molecule has 1 unspecified atom stereocenters. The second-order valence-corrected chi connectivity index (χ2v) is 7.04. The zero-order valence-corrected chi connectivity index (χ0v) is 13.4. The van der Waals surface area contributed by atoms with E-state index in [4.69, 9.17) is 4.74 Å². The molecule has 1 nitrogen and oxygen atoms in total. The maximum absolute atomic E-state index is 13.0. The molecule has 1 saturated heterocycles. The first-order valence-electron chi connectivity index (χ1n) is 8.75. The molecule has 0 radical (unpaired) electrons. The molecule has 1 saturated carbocycles. The molecule has 1 aliphatic heterocycles. The quantitative estimate of drug-likeness (QED) is 0.674. The third-order valence-corrected chi connectivity index (χ3v) is 5.40. The van der Waals surface area contributed by atoms with Crippen LogP contribution in [-0.2, 0) is 4.74 Å². The van der Waals surface area contributed by atoms with Crippen LogP contribution in [0.1, 0.15) is 43.6 Å². The van der Waals surface area contributed by atoms with E-state index in [9.17, 15) is 4.39 Å². The fourth-order valence-corrected chi connectivity index (χ4v) is 3.90. The van der Waals surface area contributed by atoms with Gasteiger partial charge in [-0.05, 0) is 72.8 Å². The predicted octanol–water partition coefficient (Wildman–Crippen LogP) is 5.56. The van der Waals surface area contributed by atoms with E-state index in [2.05, 4.69) is 24.3 Å². The molecule has 0 aromatic heterocycles. The Hall–Kier alpha value is -1.67. The summed E-state index contributed by atoms with van der Waals surface area (Å²) in [7, 11) is 0. The fraction of sp³-hybridized carbons (Fsp3) is 0.429. The van der Waals surface area contributed by atoms with Crippen molar-refractivity contribution in [1.82, 2.24) is 0 Å². The lowest BCUT2D eigenvalue weighted by atomic mass is 9.77. The first kappa shape index (κ1) is 14.9. The zero-order chi connectivity index (χ0) is 15.6. The van der Waals surface area contributed by atoms with E-state index < -0.39 is 0 Å². The van der Waals surface area contributed by atoms with Crippen LogP contribution < -0.4 is 0 Å². The van der Waals surface area contributed by atoms with Gasteiger partial charge in [0, 0.05) is 0 Å². The molecular weight excluding hydrogens is 287 g/mol. The SMILES string of the molecule is Fc1ccc(-c2ccc(C3CCC(CC4CO4)CC3)cc2)cc1. The first-order valence-corrected chi connectivity index (χ1v) is 8.75. The minimum absolute atomic E-state index is 0.182. The first-order chi connectivity index (χ1) is 11.3. The van der Waals surface area contributed by atoms with Gasteiger partial charge in [0.05, 0.1) is 12.7 Å². The number of rotatable bonds is 4. The molecule has 1 heterocycles. The molecule has 2 aromatic rings. The summed E-state index contributed by atoms with van der Waals surface area (Å²) in [5.74, 6) is 1.39. The monoisotopic (exact) mass is 310 g/mol. The molecule has 120 valence electrons.